The van der Waals surface area contributed by atoms with Crippen LogP contribution >= 0.6 is 23.2 Å². The van der Waals surface area contributed by atoms with Gasteiger partial charge in [0, 0.05) is 5.02 Å². The van der Waals surface area contributed by atoms with Crippen molar-refractivity contribution in [3.63, 3.8) is 0 Å². The van der Waals surface area contributed by atoms with Crippen LogP contribution in [0.1, 0.15) is 24.2 Å². The van der Waals surface area contributed by atoms with E-state index in [0.29, 0.717) is 22.4 Å². The molecule has 0 amide bonds. The molecular weight excluding hydrogens is 283 g/mol. The van der Waals surface area contributed by atoms with Crippen molar-refractivity contribution in [2.24, 2.45) is 0 Å². The van der Waals surface area contributed by atoms with Gasteiger partial charge in [-0.2, -0.15) is 0 Å². The van der Waals surface area contributed by atoms with Gasteiger partial charge in [0.1, 0.15) is 12.4 Å². The topological polar surface area (TPSA) is 29.5 Å². The Morgan fingerprint density at radius 1 is 1.11 bits per heavy atom. The van der Waals surface area contributed by atoms with E-state index in [1.54, 1.807) is 25.1 Å². The first-order chi connectivity index (χ1) is 9.06. The van der Waals surface area contributed by atoms with Gasteiger partial charge in [0.05, 0.1) is 11.1 Å². The Labute approximate surface area is 122 Å². The van der Waals surface area contributed by atoms with E-state index in [9.17, 15) is 5.11 Å². The Hall–Kier alpha value is -1.22. The highest BCUT2D eigenvalue weighted by Gasteiger charge is 2.06. The average Bonchev–Trinajstić information content (AvgIpc) is 2.39. The van der Waals surface area contributed by atoms with Crippen LogP contribution in [0.4, 0.5) is 0 Å². The van der Waals surface area contributed by atoms with E-state index < -0.39 is 6.10 Å². The zero-order chi connectivity index (χ0) is 13.8. The number of rotatable bonds is 4. The van der Waals surface area contributed by atoms with Crippen LogP contribution in [0.25, 0.3) is 0 Å². The summed E-state index contributed by atoms with van der Waals surface area (Å²) >= 11 is 11.9. The summed E-state index contributed by atoms with van der Waals surface area (Å²) in [5, 5.41) is 10.7. The molecule has 1 N–H and O–H groups in total. The molecule has 2 aromatic carbocycles. The molecule has 0 heterocycles. The summed E-state index contributed by atoms with van der Waals surface area (Å²) in [5.41, 5.74) is 1.78. The first kappa shape index (κ1) is 14.2. The maximum absolute atomic E-state index is 9.46. The van der Waals surface area contributed by atoms with Crippen LogP contribution in [-0.2, 0) is 6.61 Å². The first-order valence-electron chi connectivity index (χ1n) is 5.91. The molecule has 2 aromatic rings. The van der Waals surface area contributed by atoms with E-state index in [1.165, 1.54) is 0 Å². The normalized spacial score (nSPS) is 12.2. The molecule has 4 heteroatoms. The lowest BCUT2D eigenvalue weighted by molar-refractivity contribution is 0.199. The second-order valence-electron chi connectivity index (χ2n) is 4.28. The van der Waals surface area contributed by atoms with Gasteiger partial charge in [-0.25, -0.2) is 0 Å². The molecule has 0 fully saturated rings. The van der Waals surface area contributed by atoms with Crippen LogP contribution in [0.2, 0.25) is 10.0 Å². The fourth-order valence-electron chi connectivity index (χ4n) is 1.64. The molecule has 0 aliphatic rings. The fourth-order valence-corrected chi connectivity index (χ4v) is 2.01. The quantitative estimate of drug-likeness (QED) is 0.891. The number of ether oxygens (including phenoxy) is 1. The molecule has 0 bridgehead atoms. The number of benzene rings is 2. The highest BCUT2D eigenvalue weighted by molar-refractivity contribution is 6.32. The van der Waals surface area contributed by atoms with Crippen LogP contribution in [0, 0.1) is 0 Å². The molecule has 0 aromatic heterocycles. The summed E-state index contributed by atoms with van der Waals surface area (Å²) < 4.78 is 5.64. The molecule has 2 rings (SSSR count). The maximum Gasteiger partial charge on any atom is 0.138 e. The summed E-state index contributed by atoms with van der Waals surface area (Å²) in [5.74, 6) is 0.598. The Bertz CT molecular complexity index is 551. The largest absolute Gasteiger partial charge is 0.487 e. The summed E-state index contributed by atoms with van der Waals surface area (Å²) in [6.07, 6.45) is -0.539. The summed E-state index contributed by atoms with van der Waals surface area (Å²) in [6.45, 7) is 2.12. The molecule has 0 aliphatic carbocycles. The molecule has 100 valence electrons. The van der Waals surface area contributed by atoms with Gasteiger partial charge < -0.3 is 9.84 Å². The van der Waals surface area contributed by atoms with Gasteiger partial charge in [0.2, 0.25) is 0 Å². The maximum atomic E-state index is 9.46. The average molecular weight is 297 g/mol. The second kappa shape index (κ2) is 6.29. The van der Waals surface area contributed by atoms with Crippen LogP contribution in [0.15, 0.2) is 42.5 Å². The highest BCUT2D eigenvalue weighted by atomic mass is 35.5. The van der Waals surface area contributed by atoms with Gasteiger partial charge in [-0.1, -0.05) is 41.4 Å². The van der Waals surface area contributed by atoms with Crippen molar-refractivity contribution >= 4 is 23.2 Å². The van der Waals surface area contributed by atoms with Gasteiger partial charge in [-0.05, 0) is 42.3 Å². The number of hydrogen-bond donors (Lipinski definition) is 1. The van der Waals surface area contributed by atoms with Crippen LogP contribution in [0.3, 0.4) is 0 Å². The minimum Gasteiger partial charge on any atom is -0.487 e. The number of aliphatic hydroxyl groups is 1. The molecule has 2 nitrogen and oxygen atoms in total. The van der Waals surface area contributed by atoms with E-state index >= 15 is 0 Å². The van der Waals surface area contributed by atoms with E-state index in [0.717, 1.165) is 11.1 Å². The van der Waals surface area contributed by atoms with Crippen LogP contribution in [0.5, 0.6) is 5.75 Å². The van der Waals surface area contributed by atoms with Crippen molar-refractivity contribution in [1.82, 2.24) is 0 Å². The Kier molecular flexibility index (Phi) is 4.70. The predicted molar refractivity (Wildman–Crippen MR) is 77.9 cm³/mol. The van der Waals surface area contributed by atoms with Crippen molar-refractivity contribution in [2.45, 2.75) is 19.6 Å². The molecular formula is C15H14Cl2O2. The fraction of sp³-hybridized carbons (Fsp3) is 0.200. The molecule has 0 aliphatic heterocycles. The van der Waals surface area contributed by atoms with Gasteiger partial charge in [-0.3, -0.25) is 0 Å². The lowest BCUT2D eigenvalue weighted by Crippen LogP contribution is -1.97. The SMILES string of the molecule is CC(O)c1ccc(OCc2ccc(Cl)cc2)c(Cl)c1. The van der Waals surface area contributed by atoms with Crippen LogP contribution < -0.4 is 4.74 Å². The Morgan fingerprint density at radius 3 is 2.37 bits per heavy atom. The summed E-state index contributed by atoms with van der Waals surface area (Å²) in [7, 11) is 0. The lowest BCUT2D eigenvalue weighted by Gasteiger charge is -2.11. The third-order valence-electron chi connectivity index (χ3n) is 2.75. The van der Waals surface area contributed by atoms with Gasteiger partial charge in [0.25, 0.3) is 0 Å². The van der Waals surface area contributed by atoms with Crippen molar-refractivity contribution in [1.29, 1.82) is 0 Å². The molecule has 1 unspecified atom stereocenters. The third-order valence-corrected chi connectivity index (χ3v) is 3.29. The standard InChI is InChI=1S/C15H14Cl2O2/c1-10(18)12-4-7-15(14(17)8-12)19-9-11-2-5-13(16)6-3-11/h2-8,10,18H,9H2,1H3. The molecule has 0 saturated carbocycles. The molecule has 0 radical (unpaired) electrons. The van der Waals surface area contributed by atoms with E-state index in [4.69, 9.17) is 27.9 Å². The Balaban J connectivity index is 2.05. The van der Waals surface area contributed by atoms with Gasteiger partial charge in [-0.15, -0.1) is 0 Å². The second-order valence-corrected chi connectivity index (χ2v) is 5.12. The smallest absolute Gasteiger partial charge is 0.138 e. The van der Waals surface area contributed by atoms with Crippen molar-refractivity contribution < 1.29 is 9.84 Å². The zero-order valence-corrected chi connectivity index (χ0v) is 11.9. The first-order valence-corrected chi connectivity index (χ1v) is 6.66. The number of hydrogen-bond acceptors (Lipinski definition) is 2. The molecule has 1 atom stereocenters. The Morgan fingerprint density at radius 2 is 1.79 bits per heavy atom. The van der Waals surface area contributed by atoms with Crippen molar-refractivity contribution in [3.8, 4) is 5.75 Å². The van der Waals surface area contributed by atoms with Crippen molar-refractivity contribution in [2.75, 3.05) is 0 Å². The highest BCUT2D eigenvalue weighted by Crippen LogP contribution is 2.28. The minimum absolute atomic E-state index is 0.422. The molecule has 0 spiro atoms. The number of halogens is 2. The molecule has 0 saturated heterocycles. The van der Waals surface area contributed by atoms with E-state index in [2.05, 4.69) is 0 Å². The predicted octanol–water partition coefficient (Wildman–Crippen LogP) is 4.63. The van der Waals surface area contributed by atoms with Gasteiger partial charge in [0.15, 0.2) is 0 Å². The summed E-state index contributed by atoms with van der Waals surface area (Å²) in [4.78, 5) is 0. The molecule has 19 heavy (non-hydrogen) atoms. The monoisotopic (exact) mass is 296 g/mol. The zero-order valence-electron chi connectivity index (χ0n) is 10.4. The van der Waals surface area contributed by atoms with E-state index in [-0.39, 0.29) is 0 Å². The minimum atomic E-state index is -0.539. The summed E-state index contributed by atoms with van der Waals surface area (Å²) in [6, 6.07) is 12.7. The lowest BCUT2D eigenvalue weighted by atomic mass is 10.1. The third kappa shape index (κ3) is 3.87. The van der Waals surface area contributed by atoms with Crippen LogP contribution in [-0.4, -0.2) is 5.11 Å². The van der Waals surface area contributed by atoms with E-state index in [1.807, 2.05) is 24.3 Å². The van der Waals surface area contributed by atoms with Gasteiger partial charge >= 0.3 is 0 Å². The van der Waals surface area contributed by atoms with Crippen molar-refractivity contribution in [3.05, 3.63) is 63.6 Å². The number of aliphatic hydroxyl groups excluding tert-OH is 1.